The molecule has 0 aliphatic carbocycles. The van der Waals surface area contributed by atoms with Crippen LogP contribution in [0.25, 0.3) is 0 Å². The van der Waals surface area contributed by atoms with E-state index in [2.05, 4.69) is 10.2 Å². The molecule has 0 radical (unpaired) electrons. The SMILES string of the molecule is O=C(CCC(=O)N1CCC(n2cn[nH]c2=O)CC1)c1cccs1. The third-order valence-corrected chi connectivity index (χ3v) is 5.06. The number of rotatable bonds is 5. The van der Waals surface area contributed by atoms with Crippen LogP contribution in [0.4, 0.5) is 0 Å². The van der Waals surface area contributed by atoms with E-state index in [-0.39, 0.29) is 36.3 Å². The summed E-state index contributed by atoms with van der Waals surface area (Å²) in [5.74, 6) is 0.0288. The normalized spacial score (nSPS) is 15.7. The highest BCUT2D eigenvalue weighted by molar-refractivity contribution is 7.12. The Kier molecular flexibility index (Phi) is 4.71. The predicted octanol–water partition coefficient (Wildman–Crippen LogP) is 1.46. The zero-order chi connectivity index (χ0) is 16.2. The minimum Gasteiger partial charge on any atom is -0.343 e. The summed E-state index contributed by atoms with van der Waals surface area (Å²) in [4.78, 5) is 38.2. The first kappa shape index (κ1) is 15.7. The highest BCUT2D eigenvalue weighted by atomic mass is 32.1. The molecule has 1 saturated heterocycles. The molecule has 1 fully saturated rings. The Morgan fingerprint density at radius 3 is 2.70 bits per heavy atom. The van der Waals surface area contributed by atoms with Gasteiger partial charge in [0.15, 0.2) is 5.78 Å². The Morgan fingerprint density at radius 1 is 1.30 bits per heavy atom. The predicted molar refractivity (Wildman–Crippen MR) is 85.6 cm³/mol. The number of nitrogens with one attached hydrogen (secondary N) is 1. The lowest BCUT2D eigenvalue weighted by molar-refractivity contribution is -0.132. The van der Waals surface area contributed by atoms with Crippen LogP contribution in [0.2, 0.25) is 0 Å². The van der Waals surface area contributed by atoms with E-state index in [0.29, 0.717) is 18.0 Å². The average molecular weight is 334 g/mol. The Morgan fingerprint density at radius 2 is 2.09 bits per heavy atom. The number of carbonyl (C=O) groups is 2. The van der Waals surface area contributed by atoms with Crippen molar-refractivity contribution in [2.45, 2.75) is 31.7 Å². The van der Waals surface area contributed by atoms with Gasteiger partial charge in [-0.1, -0.05) is 6.07 Å². The number of carbonyl (C=O) groups excluding carboxylic acids is 2. The van der Waals surface area contributed by atoms with Crippen LogP contribution in [0.5, 0.6) is 0 Å². The highest BCUT2D eigenvalue weighted by Gasteiger charge is 2.25. The summed E-state index contributed by atoms with van der Waals surface area (Å²) in [6.07, 6.45) is 3.45. The largest absolute Gasteiger partial charge is 0.343 e. The minimum absolute atomic E-state index is 0.00731. The third-order valence-electron chi connectivity index (χ3n) is 4.15. The molecule has 1 aliphatic heterocycles. The van der Waals surface area contributed by atoms with E-state index in [1.807, 2.05) is 11.4 Å². The van der Waals surface area contributed by atoms with E-state index in [1.54, 1.807) is 15.5 Å². The summed E-state index contributed by atoms with van der Waals surface area (Å²) in [5, 5.41) is 7.98. The van der Waals surface area contributed by atoms with E-state index < -0.39 is 0 Å². The molecule has 2 aromatic rings. The molecule has 0 unspecified atom stereocenters. The zero-order valence-electron chi connectivity index (χ0n) is 12.6. The molecular formula is C15H18N4O3S. The molecule has 8 heteroatoms. The van der Waals surface area contributed by atoms with Gasteiger partial charge in [0.2, 0.25) is 5.91 Å². The molecule has 3 rings (SSSR count). The van der Waals surface area contributed by atoms with Crippen LogP contribution < -0.4 is 5.69 Å². The van der Waals surface area contributed by atoms with E-state index in [4.69, 9.17) is 0 Å². The molecule has 0 bridgehead atoms. The molecule has 0 aromatic carbocycles. The van der Waals surface area contributed by atoms with Crippen molar-refractivity contribution in [3.63, 3.8) is 0 Å². The molecule has 0 spiro atoms. The number of hydrogen-bond acceptors (Lipinski definition) is 5. The maximum atomic E-state index is 12.2. The summed E-state index contributed by atoms with van der Waals surface area (Å²) in [5.41, 5.74) is -0.212. The Balaban J connectivity index is 1.48. The van der Waals surface area contributed by atoms with E-state index >= 15 is 0 Å². The smallest absolute Gasteiger partial charge is 0.343 e. The van der Waals surface area contributed by atoms with Crippen molar-refractivity contribution in [1.82, 2.24) is 19.7 Å². The van der Waals surface area contributed by atoms with Crippen molar-refractivity contribution in [2.75, 3.05) is 13.1 Å². The van der Waals surface area contributed by atoms with Crippen molar-refractivity contribution in [3.8, 4) is 0 Å². The van der Waals surface area contributed by atoms with Crippen molar-refractivity contribution >= 4 is 23.0 Å². The molecule has 2 aromatic heterocycles. The third kappa shape index (κ3) is 3.58. The molecule has 3 heterocycles. The maximum absolute atomic E-state index is 12.2. The maximum Gasteiger partial charge on any atom is 0.343 e. The van der Waals surface area contributed by atoms with Crippen LogP contribution >= 0.6 is 11.3 Å². The number of likely N-dealkylation sites (tertiary alicyclic amines) is 1. The number of aromatic nitrogens is 3. The fourth-order valence-electron chi connectivity index (χ4n) is 2.85. The van der Waals surface area contributed by atoms with Crippen LogP contribution in [0.3, 0.4) is 0 Å². The van der Waals surface area contributed by atoms with E-state index in [1.165, 1.54) is 17.7 Å². The average Bonchev–Trinajstić information content (AvgIpc) is 3.24. The molecule has 23 heavy (non-hydrogen) atoms. The van der Waals surface area contributed by atoms with Gasteiger partial charge in [-0.15, -0.1) is 11.3 Å². The van der Waals surface area contributed by atoms with E-state index in [9.17, 15) is 14.4 Å². The van der Waals surface area contributed by atoms with Gasteiger partial charge >= 0.3 is 5.69 Å². The van der Waals surface area contributed by atoms with Gasteiger partial charge in [0, 0.05) is 32.0 Å². The van der Waals surface area contributed by atoms with Gasteiger partial charge in [0.1, 0.15) is 6.33 Å². The van der Waals surface area contributed by atoms with Gasteiger partial charge in [-0.05, 0) is 24.3 Å². The second kappa shape index (κ2) is 6.91. The van der Waals surface area contributed by atoms with Crippen LogP contribution in [0.15, 0.2) is 28.6 Å². The van der Waals surface area contributed by atoms with Crippen LogP contribution in [0, 0.1) is 0 Å². The van der Waals surface area contributed by atoms with Gasteiger partial charge in [-0.25, -0.2) is 9.89 Å². The monoisotopic (exact) mass is 334 g/mol. The molecule has 1 amide bonds. The first-order chi connectivity index (χ1) is 11.1. The molecule has 122 valence electrons. The number of hydrogen-bond donors (Lipinski definition) is 1. The topological polar surface area (TPSA) is 88.1 Å². The quantitative estimate of drug-likeness (QED) is 0.839. The van der Waals surface area contributed by atoms with Crippen LogP contribution in [-0.2, 0) is 4.79 Å². The molecule has 7 nitrogen and oxygen atoms in total. The summed E-state index contributed by atoms with van der Waals surface area (Å²) in [7, 11) is 0. The summed E-state index contributed by atoms with van der Waals surface area (Å²) in [6.45, 7) is 1.21. The Labute approximate surface area is 136 Å². The second-order valence-corrected chi connectivity index (χ2v) is 6.53. The van der Waals surface area contributed by atoms with Crippen LogP contribution in [-0.4, -0.2) is 44.4 Å². The van der Waals surface area contributed by atoms with Crippen molar-refractivity contribution in [3.05, 3.63) is 39.2 Å². The zero-order valence-corrected chi connectivity index (χ0v) is 13.4. The number of aromatic amines is 1. The van der Waals surface area contributed by atoms with Gasteiger partial charge in [-0.2, -0.15) is 5.10 Å². The van der Waals surface area contributed by atoms with Crippen LogP contribution in [0.1, 0.15) is 41.4 Å². The van der Waals surface area contributed by atoms with Gasteiger partial charge in [0.25, 0.3) is 0 Å². The molecular weight excluding hydrogens is 316 g/mol. The number of ketones is 1. The molecule has 0 atom stereocenters. The lowest BCUT2D eigenvalue weighted by Gasteiger charge is -2.32. The van der Waals surface area contributed by atoms with Gasteiger partial charge in [-0.3, -0.25) is 14.2 Å². The number of piperidine rings is 1. The lowest BCUT2D eigenvalue weighted by atomic mass is 10.0. The molecule has 0 saturated carbocycles. The fraction of sp³-hybridized carbons (Fsp3) is 0.467. The summed E-state index contributed by atoms with van der Waals surface area (Å²) in [6, 6.07) is 3.70. The number of amides is 1. The number of H-pyrrole nitrogens is 1. The van der Waals surface area contributed by atoms with Gasteiger partial charge in [0.05, 0.1) is 4.88 Å². The first-order valence-corrected chi connectivity index (χ1v) is 8.49. The van der Waals surface area contributed by atoms with Crippen molar-refractivity contribution < 1.29 is 9.59 Å². The van der Waals surface area contributed by atoms with Crippen molar-refractivity contribution in [2.24, 2.45) is 0 Å². The number of thiophene rings is 1. The Hall–Kier alpha value is -2.22. The molecule has 1 N–H and O–H groups in total. The summed E-state index contributed by atoms with van der Waals surface area (Å²) < 4.78 is 1.59. The number of Topliss-reactive ketones (excluding diaryl/α,β-unsaturated/α-hetero) is 1. The first-order valence-electron chi connectivity index (χ1n) is 7.61. The minimum atomic E-state index is -0.212. The van der Waals surface area contributed by atoms with Gasteiger partial charge < -0.3 is 4.90 Å². The summed E-state index contributed by atoms with van der Waals surface area (Å²) >= 11 is 1.40. The Bertz CT molecular complexity index is 726. The standard InChI is InChI=1S/C15H18N4O3S/c20-12(13-2-1-9-23-13)3-4-14(21)18-7-5-11(6-8-18)19-10-16-17-15(19)22/h1-2,9-11H,3-8H2,(H,17,22). The van der Waals surface area contributed by atoms with E-state index in [0.717, 1.165) is 12.8 Å². The highest BCUT2D eigenvalue weighted by Crippen LogP contribution is 2.21. The second-order valence-electron chi connectivity index (χ2n) is 5.58. The fourth-order valence-corrected chi connectivity index (χ4v) is 3.54. The molecule has 1 aliphatic rings. The van der Waals surface area contributed by atoms with Crippen molar-refractivity contribution in [1.29, 1.82) is 0 Å². The number of nitrogens with zero attached hydrogens (tertiary/aromatic N) is 3. The lowest BCUT2D eigenvalue weighted by Crippen LogP contribution is -2.40.